The van der Waals surface area contributed by atoms with Crippen molar-refractivity contribution in [2.24, 2.45) is 5.73 Å². The molecular weight excluding hydrogens is 220 g/mol. The molecule has 1 amide bonds. The second-order valence-electron chi connectivity index (χ2n) is 5.46. The van der Waals surface area contributed by atoms with Gasteiger partial charge in [0.25, 0.3) is 0 Å². The van der Waals surface area contributed by atoms with Crippen LogP contribution in [0.25, 0.3) is 0 Å². The number of nitrogens with zero attached hydrogens (tertiary/aromatic N) is 1. The summed E-state index contributed by atoms with van der Waals surface area (Å²) in [4.78, 5) is 13.8. The summed E-state index contributed by atoms with van der Waals surface area (Å²) in [7, 11) is 1.67. The molecule has 0 unspecified atom stereocenters. The zero-order valence-electron chi connectivity index (χ0n) is 11.2. The molecule has 2 N–H and O–H groups in total. The van der Waals surface area contributed by atoms with Crippen molar-refractivity contribution in [3.8, 4) is 0 Å². The molecule has 0 aromatic heterocycles. The summed E-state index contributed by atoms with van der Waals surface area (Å²) in [5.41, 5.74) is 5.10. The number of carbonyl (C=O) groups excluding carboxylic acids is 1. The van der Waals surface area contributed by atoms with Gasteiger partial charge in [-0.1, -0.05) is 0 Å². The number of rotatable bonds is 3. The zero-order chi connectivity index (χ0) is 13.1. The fourth-order valence-corrected chi connectivity index (χ4v) is 2.05. The summed E-state index contributed by atoms with van der Waals surface area (Å²) in [5, 5.41) is 0. The molecule has 1 rings (SSSR count). The molecule has 5 nitrogen and oxygen atoms in total. The van der Waals surface area contributed by atoms with Crippen molar-refractivity contribution in [2.75, 3.05) is 20.2 Å². The van der Waals surface area contributed by atoms with Crippen LogP contribution in [0, 0.1) is 0 Å². The van der Waals surface area contributed by atoms with E-state index in [1.54, 1.807) is 12.0 Å². The van der Waals surface area contributed by atoms with Crippen molar-refractivity contribution in [3.63, 3.8) is 0 Å². The van der Waals surface area contributed by atoms with Gasteiger partial charge in [0.05, 0.1) is 12.6 Å². The van der Waals surface area contributed by atoms with Crippen LogP contribution < -0.4 is 5.73 Å². The molecular formula is C12H24N2O3. The molecule has 1 fully saturated rings. The van der Waals surface area contributed by atoms with E-state index in [1.165, 1.54) is 0 Å². The third-order valence-corrected chi connectivity index (χ3v) is 2.84. The number of amides is 1. The molecule has 0 aromatic rings. The van der Waals surface area contributed by atoms with Gasteiger partial charge in [-0.2, -0.15) is 0 Å². The van der Waals surface area contributed by atoms with Crippen molar-refractivity contribution in [1.82, 2.24) is 4.90 Å². The smallest absolute Gasteiger partial charge is 0.410 e. The molecule has 2 atom stereocenters. The Labute approximate surface area is 103 Å². The highest BCUT2D eigenvalue weighted by atomic mass is 16.6. The molecule has 1 saturated heterocycles. The fourth-order valence-electron chi connectivity index (χ4n) is 2.05. The van der Waals surface area contributed by atoms with Gasteiger partial charge in [0, 0.05) is 13.2 Å². The topological polar surface area (TPSA) is 64.8 Å². The van der Waals surface area contributed by atoms with Crippen LogP contribution in [0.3, 0.4) is 0 Å². The quantitative estimate of drug-likeness (QED) is 0.814. The first kappa shape index (κ1) is 14.3. The second-order valence-corrected chi connectivity index (χ2v) is 5.46. The normalized spacial score (nSPS) is 25.1. The first-order valence-corrected chi connectivity index (χ1v) is 6.10. The minimum Gasteiger partial charge on any atom is -0.444 e. The Kier molecular flexibility index (Phi) is 4.77. The van der Waals surface area contributed by atoms with Crippen molar-refractivity contribution in [1.29, 1.82) is 0 Å². The molecule has 0 spiro atoms. The third-order valence-electron chi connectivity index (χ3n) is 2.84. The van der Waals surface area contributed by atoms with Gasteiger partial charge in [-0.15, -0.1) is 0 Å². The Bertz CT molecular complexity index is 263. The molecule has 0 aliphatic carbocycles. The van der Waals surface area contributed by atoms with E-state index in [-0.39, 0.29) is 18.2 Å². The summed E-state index contributed by atoms with van der Waals surface area (Å²) in [6, 6.07) is 0.139. The monoisotopic (exact) mass is 244 g/mol. The van der Waals surface area contributed by atoms with Crippen LogP contribution in [0.2, 0.25) is 0 Å². The summed E-state index contributed by atoms with van der Waals surface area (Å²) >= 11 is 0. The summed E-state index contributed by atoms with van der Waals surface area (Å²) < 4.78 is 10.7. The molecule has 17 heavy (non-hydrogen) atoms. The number of hydrogen-bond acceptors (Lipinski definition) is 4. The SMILES string of the molecule is CO[C@H]1C[C@@H](CCN)N(C(=O)OC(C)(C)C)C1. The summed E-state index contributed by atoms with van der Waals surface area (Å²) in [6.45, 7) is 6.77. The summed E-state index contributed by atoms with van der Waals surface area (Å²) in [5.74, 6) is 0. The van der Waals surface area contributed by atoms with E-state index in [2.05, 4.69) is 0 Å². The first-order valence-electron chi connectivity index (χ1n) is 6.10. The highest BCUT2D eigenvalue weighted by Crippen LogP contribution is 2.24. The predicted octanol–water partition coefficient (Wildman–Crippen LogP) is 1.36. The Hall–Kier alpha value is -0.810. The van der Waals surface area contributed by atoms with Gasteiger partial charge < -0.3 is 20.1 Å². The second kappa shape index (κ2) is 5.69. The maximum Gasteiger partial charge on any atom is 0.410 e. The molecule has 100 valence electrons. The van der Waals surface area contributed by atoms with E-state index in [0.29, 0.717) is 13.1 Å². The van der Waals surface area contributed by atoms with E-state index in [0.717, 1.165) is 12.8 Å². The van der Waals surface area contributed by atoms with Crippen LogP contribution >= 0.6 is 0 Å². The first-order chi connectivity index (χ1) is 7.87. The van der Waals surface area contributed by atoms with Crippen LogP contribution in [0.4, 0.5) is 4.79 Å². The van der Waals surface area contributed by atoms with Gasteiger partial charge in [-0.05, 0) is 40.2 Å². The minimum absolute atomic E-state index is 0.0964. The zero-order valence-corrected chi connectivity index (χ0v) is 11.2. The third kappa shape index (κ3) is 4.16. The van der Waals surface area contributed by atoms with E-state index >= 15 is 0 Å². The average molecular weight is 244 g/mol. The maximum atomic E-state index is 12.0. The van der Waals surface area contributed by atoms with Gasteiger partial charge in [0.15, 0.2) is 0 Å². The van der Waals surface area contributed by atoms with Crippen LogP contribution in [0.15, 0.2) is 0 Å². The number of likely N-dealkylation sites (tertiary alicyclic amines) is 1. The molecule has 0 radical (unpaired) electrons. The maximum absolute atomic E-state index is 12.0. The minimum atomic E-state index is -0.463. The summed E-state index contributed by atoms with van der Waals surface area (Å²) in [6.07, 6.45) is 1.46. The molecule has 1 aliphatic heterocycles. The standard InChI is InChI=1S/C12H24N2O3/c1-12(2,3)17-11(15)14-8-10(16-4)7-9(14)5-6-13/h9-10H,5-8,13H2,1-4H3/t9-,10+/m1/s1. The van der Waals surface area contributed by atoms with E-state index in [4.69, 9.17) is 15.2 Å². The van der Waals surface area contributed by atoms with Crippen LogP contribution in [-0.2, 0) is 9.47 Å². The molecule has 1 heterocycles. The number of hydrogen-bond donors (Lipinski definition) is 1. The number of ether oxygens (including phenoxy) is 2. The van der Waals surface area contributed by atoms with Crippen LogP contribution in [0.1, 0.15) is 33.6 Å². The predicted molar refractivity (Wildman–Crippen MR) is 65.8 cm³/mol. The van der Waals surface area contributed by atoms with E-state index < -0.39 is 5.60 Å². The lowest BCUT2D eigenvalue weighted by Crippen LogP contribution is -2.40. The van der Waals surface area contributed by atoms with Crippen molar-refractivity contribution < 1.29 is 14.3 Å². The Morgan fingerprint density at radius 3 is 2.59 bits per heavy atom. The largest absolute Gasteiger partial charge is 0.444 e. The lowest BCUT2D eigenvalue weighted by atomic mass is 10.1. The Morgan fingerprint density at radius 2 is 2.12 bits per heavy atom. The van der Waals surface area contributed by atoms with Gasteiger partial charge in [-0.25, -0.2) is 4.79 Å². The van der Waals surface area contributed by atoms with Gasteiger partial charge in [0.1, 0.15) is 5.60 Å². The van der Waals surface area contributed by atoms with Crippen molar-refractivity contribution >= 4 is 6.09 Å². The molecule has 0 bridgehead atoms. The molecule has 0 aromatic carbocycles. The van der Waals surface area contributed by atoms with Crippen LogP contribution in [0.5, 0.6) is 0 Å². The Balaban J connectivity index is 2.63. The van der Waals surface area contributed by atoms with Gasteiger partial charge in [-0.3, -0.25) is 0 Å². The average Bonchev–Trinajstić information content (AvgIpc) is 2.59. The number of carbonyl (C=O) groups is 1. The van der Waals surface area contributed by atoms with E-state index in [9.17, 15) is 4.79 Å². The van der Waals surface area contributed by atoms with E-state index in [1.807, 2.05) is 20.8 Å². The highest BCUT2D eigenvalue weighted by Gasteiger charge is 2.36. The molecule has 5 heteroatoms. The highest BCUT2D eigenvalue weighted by molar-refractivity contribution is 5.69. The lowest BCUT2D eigenvalue weighted by Gasteiger charge is -2.28. The van der Waals surface area contributed by atoms with Crippen LogP contribution in [-0.4, -0.2) is 48.9 Å². The Morgan fingerprint density at radius 1 is 1.47 bits per heavy atom. The number of methoxy groups -OCH3 is 1. The van der Waals surface area contributed by atoms with Crippen molar-refractivity contribution in [2.45, 2.75) is 51.4 Å². The molecule has 0 saturated carbocycles. The fraction of sp³-hybridized carbons (Fsp3) is 0.917. The van der Waals surface area contributed by atoms with Gasteiger partial charge in [0.2, 0.25) is 0 Å². The number of nitrogens with two attached hydrogens (primary N) is 1. The van der Waals surface area contributed by atoms with Crippen molar-refractivity contribution in [3.05, 3.63) is 0 Å². The van der Waals surface area contributed by atoms with Gasteiger partial charge >= 0.3 is 6.09 Å². The lowest BCUT2D eigenvalue weighted by molar-refractivity contribution is 0.0193. The molecule has 1 aliphatic rings.